The van der Waals surface area contributed by atoms with Crippen LogP contribution in [-0.2, 0) is 6.42 Å². The molecule has 1 aromatic heterocycles. The summed E-state index contributed by atoms with van der Waals surface area (Å²) in [5.74, 6) is 1.67. The van der Waals surface area contributed by atoms with Crippen LogP contribution in [0.25, 0.3) is 0 Å². The smallest absolute Gasteiger partial charge is 0.317 e. The van der Waals surface area contributed by atoms with Gasteiger partial charge < -0.3 is 14.8 Å². The summed E-state index contributed by atoms with van der Waals surface area (Å²) in [5, 5.41) is 2.69. The topological polar surface area (TPSA) is 50.2 Å². The molecule has 0 radical (unpaired) electrons. The molecule has 5 nitrogen and oxygen atoms in total. The van der Waals surface area contributed by atoms with Gasteiger partial charge in [-0.3, -0.25) is 0 Å². The number of aromatic nitrogens is 2. The number of carbonyl (C=O) groups is 1. The molecule has 1 N–H and O–H groups in total. The predicted octanol–water partition coefficient (Wildman–Crippen LogP) is 1.98. The number of nitrogens with one attached hydrogen (secondary N) is 1. The molecule has 0 aromatic carbocycles. The first-order valence-electron chi connectivity index (χ1n) is 7.02. The normalized spacial score (nSPS) is 19.2. The van der Waals surface area contributed by atoms with E-state index < -0.39 is 0 Å². The van der Waals surface area contributed by atoms with Gasteiger partial charge in [0.15, 0.2) is 0 Å². The number of nitrogens with zero attached hydrogens (tertiary/aromatic N) is 3. The Labute approximate surface area is 115 Å². The Balaban J connectivity index is 2.01. The molecule has 1 saturated heterocycles. The molecule has 0 saturated carbocycles. The van der Waals surface area contributed by atoms with Crippen LogP contribution in [0.1, 0.15) is 37.8 Å². The van der Waals surface area contributed by atoms with E-state index in [9.17, 15) is 4.79 Å². The van der Waals surface area contributed by atoms with Crippen molar-refractivity contribution in [3.05, 3.63) is 17.7 Å². The van der Waals surface area contributed by atoms with Crippen LogP contribution in [0.2, 0.25) is 0 Å². The summed E-state index contributed by atoms with van der Waals surface area (Å²) in [6, 6.07) is 0.472. The molecule has 2 amide bonds. The number of hydrogen-bond donors (Lipinski definition) is 1. The third kappa shape index (κ3) is 2.91. The van der Waals surface area contributed by atoms with Gasteiger partial charge in [0.2, 0.25) is 0 Å². The summed E-state index contributed by atoms with van der Waals surface area (Å²) in [4.78, 5) is 18.0. The number of rotatable bonds is 3. The Bertz CT molecular complexity index is 452. The lowest BCUT2D eigenvalue weighted by molar-refractivity contribution is 0.209. The molecule has 0 aliphatic carbocycles. The molecule has 19 heavy (non-hydrogen) atoms. The molecule has 106 valence electrons. The summed E-state index contributed by atoms with van der Waals surface area (Å²) in [6.07, 6.45) is 3.97. The number of urea groups is 1. The lowest BCUT2D eigenvalue weighted by atomic mass is 10.0. The molecule has 1 aromatic rings. The summed E-state index contributed by atoms with van der Waals surface area (Å²) in [5.41, 5.74) is 1.21. The summed E-state index contributed by atoms with van der Waals surface area (Å²) in [6.45, 7) is 8.16. The van der Waals surface area contributed by atoms with Gasteiger partial charge in [-0.15, -0.1) is 0 Å². The summed E-state index contributed by atoms with van der Waals surface area (Å²) >= 11 is 0. The number of imidazole rings is 1. The van der Waals surface area contributed by atoms with E-state index in [0.29, 0.717) is 12.0 Å². The van der Waals surface area contributed by atoms with Gasteiger partial charge >= 0.3 is 6.03 Å². The van der Waals surface area contributed by atoms with Crippen molar-refractivity contribution >= 4 is 6.03 Å². The molecule has 1 aliphatic heterocycles. The van der Waals surface area contributed by atoms with E-state index in [4.69, 9.17) is 0 Å². The fourth-order valence-corrected chi connectivity index (χ4v) is 2.95. The van der Waals surface area contributed by atoms with Gasteiger partial charge in [-0.2, -0.15) is 0 Å². The highest BCUT2D eigenvalue weighted by atomic mass is 16.2. The van der Waals surface area contributed by atoms with Gasteiger partial charge in [0.25, 0.3) is 0 Å². The second-order valence-corrected chi connectivity index (χ2v) is 5.64. The van der Waals surface area contributed by atoms with Crippen molar-refractivity contribution in [2.75, 3.05) is 20.1 Å². The Hall–Kier alpha value is -1.52. The van der Waals surface area contributed by atoms with E-state index in [-0.39, 0.29) is 6.03 Å². The second kappa shape index (κ2) is 5.63. The average molecular weight is 264 g/mol. The Kier molecular flexibility index (Phi) is 4.12. The van der Waals surface area contributed by atoms with E-state index in [1.54, 1.807) is 7.05 Å². The van der Waals surface area contributed by atoms with Crippen molar-refractivity contribution in [3.63, 3.8) is 0 Å². The molecule has 1 aliphatic rings. The second-order valence-electron chi connectivity index (χ2n) is 5.64. The molecule has 1 fully saturated rings. The maximum atomic E-state index is 11.6. The zero-order valence-electron chi connectivity index (χ0n) is 12.3. The molecule has 0 bridgehead atoms. The number of hydrogen-bond acceptors (Lipinski definition) is 2. The van der Waals surface area contributed by atoms with Crippen LogP contribution >= 0.6 is 0 Å². The number of carbonyl (C=O) groups excluding carboxylic acids is 1. The fourth-order valence-electron chi connectivity index (χ4n) is 2.95. The first-order chi connectivity index (χ1) is 9.02. The van der Waals surface area contributed by atoms with Crippen LogP contribution in [0.5, 0.6) is 0 Å². The van der Waals surface area contributed by atoms with Gasteiger partial charge in [0.1, 0.15) is 5.82 Å². The number of aryl methyl sites for hydroxylation is 1. The standard InChI is InChI=1S/C14H24N4O/c1-10(2)18-11(3)8-16-13(18)7-12-5-6-17(9-12)14(19)15-4/h8,10,12H,5-7,9H2,1-4H3,(H,15,19). The van der Waals surface area contributed by atoms with E-state index in [1.807, 2.05) is 11.1 Å². The maximum absolute atomic E-state index is 11.6. The first kappa shape index (κ1) is 13.9. The Morgan fingerprint density at radius 1 is 1.58 bits per heavy atom. The zero-order chi connectivity index (χ0) is 14.0. The first-order valence-corrected chi connectivity index (χ1v) is 7.02. The largest absolute Gasteiger partial charge is 0.341 e. The fraction of sp³-hybridized carbons (Fsp3) is 0.714. The quantitative estimate of drug-likeness (QED) is 0.907. The molecule has 2 heterocycles. The number of likely N-dealkylation sites (tertiary alicyclic amines) is 1. The Morgan fingerprint density at radius 2 is 2.32 bits per heavy atom. The highest BCUT2D eigenvalue weighted by Gasteiger charge is 2.27. The van der Waals surface area contributed by atoms with Gasteiger partial charge in [-0.25, -0.2) is 9.78 Å². The van der Waals surface area contributed by atoms with Crippen LogP contribution < -0.4 is 5.32 Å². The lowest BCUT2D eigenvalue weighted by Gasteiger charge is -2.17. The molecule has 1 unspecified atom stereocenters. The van der Waals surface area contributed by atoms with E-state index in [1.165, 1.54) is 5.69 Å². The maximum Gasteiger partial charge on any atom is 0.317 e. The van der Waals surface area contributed by atoms with Gasteiger partial charge in [-0.05, 0) is 33.1 Å². The van der Waals surface area contributed by atoms with Crippen LogP contribution in [-0.4, -0.2) is 40.6 Å². The van der Waals surface area contributed by atoms with Crippen molar-refractivity contribution in [1.29, 1.82) is 0 Å². The third-order valence-corrected chi connectivity index (χ3v) is 3.83. The van der Waals surface area contributed by atoms with Gasteiger partial charge in [-0.1, -0.05) is 0 Å². The van der Waals surface area contributed by atoms with Crippen molar-refractivity contribution in [2.24, 2.45) is 5.92 Å². The molecular formula is C14H24N4O. The van der Waals surface area contributed by atoms with Crippen LogP contribution in [0.3, 0.4) is 0 Å². The monoisotopic (exact) mass is 264 g/mol. The van der Waals surface area contributed by atoms with Gasteiger partial charge in [0.05, 0.1) is 0 Å². The van der Waals surface area contributed by atoms with Gasteiger partial charge in [0, 0.05) is 44.5 Å². The molecular weight excluding hydrogens is 240 g/mol. The Morgan fingerprint density at radius 3 is 2.95 bits per heavy atom. The van der Waals surface area contributed by atoms with Crippen LogP contribution in [0, 0.1) is 12.8 Å². The van der Waals surface area contributed by atoms with E-state index >= 15 is 0 Å². The highest BCUT2D eigenvalue weighted by Crippen LogP contribution is 2.22. The van der Waals surface area contributed by atoms with Crippen molar-refractivity contribution < 1.29 is 4.79 Å². The van der Waals surface area contributed by atoms with E-state index in [2.05, 4.69) is 35.6 Å². The molecule has 0 spiro atoms. The number of amides is 2. The summed E-state index contributed by atoms with van der Waals surface area (Å²) in [7, 11) is 1.69. The van der Waals surface area contributed by atoms with Crippen molar-refractivity contribution in [2.45, 2.75) is 39.7 Å². The minimum Gasteiger partial charge on any atom is -0.341 e. The lowest BCUT2D eigenvalue weighted by Crippen LogP contribution is -2.36. The van der Waals surface area contributed by atoms with Crippen molar-refractivity contribution in [1.82, 2.24) is 19.8 Å². The minimum atomic E-state index is 0.0332. The molecule has 5 heteroatoms. The van der Waals surface area contributed by atoms with Crippen LogP contribution in [0.4, 0.5) is 4.79 Å². The van der Waals surface area contributed by atoms with Crippen molar-refractivity contribution in [3.8, 4) is 0 Å². The highest BCUT2D eigenvalue weighted by molar-refractivity contribution is 5.74. The third-order valence-electron chi connectivity index (χ3n) is 3.83. The van der Waals surface area contributed by atoms with Crippen LogP contribution in [0.15, 0.2) is 6.20 Å². The van der Waals surface area contributed by atoms with E-state index in [0.717, 1.165) is 31.8 Å². The predicted molar refractivity (Wildman–Crippen MR) is 75.2 cm³/mol. The molecule has 1 atom stereocenters. The zero-order valence-corrected chi connectivity index (χ0v) is 12.3. The molecule has 2 rings (SSSR count). The minimum absolute atomic E-state index is 0.0332. The average Bonchev–Trinajstić information content (AvgIpc) is 2.96. The SMILES string of the molecule is CNC(=O)N1CCC(Cc2ncc(C)n2C(C)C)C1. The summed E-state index contributed by atoms with van der Waals surface area (Å²) < 4.78 is 2.29.